The lowest BCUT2D eigenvalue weighted by Gasteiger charge is -2.33. The number of ether oxygens (including phenoxy) is 3. The highest BCUT2D eigenvalue weighted by Gasteiger charge is 2.34. The minimum absolute atomic E-state index is 0.0217. The predicted molar refractivity (Wildman–Crippen MR) is 206 cm³/mol. The molecule has 0 saturated carbocycles. The standard InChI is InChI=1S/C42H50N4O8/c1-30(2)44(19-21-46-41(50)35-14-5-10-32-11-6-15-36(38(32)35)42(46)51)17-7-16-43(22-24-52-26-28-54-29-27-53-25-23-47)18-20-45-39(48)33-12-3-8-31-9-4-13-34(37(31)33)40(45)49/h3-6,8-15,30,47H,7,16-29H2,1-2H3. The Morgan fingerprint density at radius 3 is 1.41 bits per heavy atom. The van der Waals surface area contributed by atoms with Gasteiger partial charge in [-0.1, -0.05) is 48.5 Å². The summed E-state index contributed by atoms with van der Waals surface area (Å²) in [6.45, 7) is 10.1. The Labute approximate surface area is 316 Å². The van der Waals surface area contributed by atoms with Crippen molar-refractivity contribution in [3.8, 4) is 0 Å². The summed E-state index contributed by atoms with van der Waals surface area (Å²) in [5, 5.41) is 12.0. The molecule has 54 heavy (non-hydrogen) atoms. The van der Waals surface area contributed by atoms with Gasteiger partial charge in [0.2, 0.25) is 0 Å². The Bertz CT molecular complexity index is 1860. The first-order valence-corrected chi connectivity index (χ1v) is 18.9. The quantitative estimate of drug-likeness (QED) is 0.0920. The van der Waals surface area contributed by atoms with Crippen molar-refractivity contribution in [1.29, 1.82) is 0 Å². The van der Waals surface area contributed by atoms with E-state index in [2.05, 4.69) is 23.6 Å². The van der Waals surface area contributed by atoms with Gasteiger partial charge in [-0.2, -0.15) is 0 Å². The van der Waals surface area contributed by atoms with E-state index in [0.717, 1.165) is 29.1 Å². The second-order valence-electron chi connectivity index (χ2n) is 13.8. The molecule has 2 aliphatic heterocycles. The second-order valence-corrected chi connectivity index (χ2v) is 13.8. The van der Waals surface area contributed by atoms with Crippen molar-refractivity contribution in [2.75, 3.05) is 92.1 Å². The highest BCUT2D eigenvalue weighted by molar-refractivity contribution is 6.26. The molecule has 2 aliphatic rings. The van der Waals surface area contributed by atoms with E-state index in [-0.39, 0.29) is 56.0 Å². The van der Waals surface area contributed by atoms with Gasteiger partial charge in [-0.25, -0.2) is 0 Å². The number of aliphatic hydroxyl groups excluding tert-OH is 1. The fourth-order valence-electron chi connectivity index (χ4n) is 7.30. The third kappa shape index (κ3) is 8.86. The normalized spacial score (nSPS) is 14.3. The summed E-state index contributed by atoms with van der Waals surface area (Å²) in [7, 11) is 0. The summed E-state index contributed by atoms with van der Waals surface area (Å²) in [6.07, 6.45) is 0.781. The van der Waals surface area contributed by atoms with E-state index >= 15 is 0 Å². The van der Waals surface area contributed by atoms with E-state index in [9.17, 15) is 19.2 Å². The van der Waals surface area contributed by atoms with Crippen LogP contribution in [-0.4, -0.2) is 146 Å². The molecule has 6 rings (SSSR count). The van der Waals surface area contributed by atoms with Crippen LogP contribution < -0.4 is 0 Å². The molecule has 0 saturated heterocycles. The second kappa shape index (κ2) is 18.7. The number of aliphatic hydroxyl groups is 1. The molecule has 1 N–H and O–H groups in total. The summed E-state index contributed by atoms with van der Waals surface area (Å²) in [5.74, 6) is -1.10. The molecule has 0 spiro atoms. The zero-order valence-corrected chi connectivity index (χ0v) is 31.2. The van der Waals surface area contributed by atoms with Crippen LogP contribution in [-0.2, 0) is 14.2 Å². The number of imide groups is 2. The van der Waals surface area contributed by atoms with Crippen LogP contribution >= 0.6 is 0 Å². The molecule has 2 heterocycles. The molecule has 0 atom stereocenters. The van der Waals surface area contributed by atoms with E-state index in [1.807, 2.05) is 48.5 Å². The monoisotopic (exact) mass is 738 g/mol. The summed E-state index contributed by atoms with van der Waals surface area (Å²) < 4.78 is 16.6. The molecule has 12 nitrogen and oxygen atoms in total. The molecule has 0 aromatic heterocycles. The summed E-state index contributed by atoms with van der Waals surface area (Å²) in [5.41, 5.74) is 2.19. The number of amides is 4. The molecule has 4 aromatic rings. The van der Waals surface area contributed by atoms with E-state index in [1.54, 1.807) is 24.3 Å². The molecule has 286 valence electrons. The largest absolute Gasteiger partial charge is 0.394 e. The van der Waals surface area contributed by atoms with Gasteiger partial charge in [-0.3, -0.25) is 38.8 Å². The van der Waals surface area contributed by atoms with Gasteiger partial charge in [0.1, 0.15) is 0 Å². The molecular weight excluding hydrogens is 688 g/mol. The SMILES string of the molecule is CC(C)N(CCCN(CCOCCOCCOCCO)CCN1C(=O)c2cccc3cccc(c23)C1=O)CCN1C(=O)c2cccc3cccc(c23)C1=O. The lowest BCUT2D eigenvalue weighted by Crippen LogP contribution is -2.47. The minimum Gasteiger partial charge on any atom is -0.394 e. The first-order valence-electron chi connectivity index (χ1n) is 18.9. The van der Waals surface area contributed by atoms with Crippen molar-refractivity contribution in [2.24, 2.45) is 0 Å². The smallest absolute Gasteiger partial charge is 0.261 e. The van der Waals surface area contributed by atoms with Gasteiger partial charge in [-0.05, 0) is 68.4 Å². The Balaban J connectivity index is 1.05. The first kappa shape index (κ1) is 39.1. The number of carbonyl (C=O) groups excluding carboxylic acids is 4. The number of benzene rings is 4. The van der Waals surface area contributed by atoms with Crippen LogP contribution in [0.15, 0.2) is 72.8 Å². The van der Waals surface area contributed by atoms with E-state index in [0.29, 0.717) is 86.9 Å². The maximum atomic E-state index is 13.6. The predicted octanol–water partition coefficient (Wildman–Crippen LogP) is 4.33. The molecule has 12 heteroatoms. The number of hydrogen-bond acceptors (Lipinski definition) is 10. The summed E-state index contributed by atoms with van der Waals surface area (Å²) >= 11 is 0. The van der Waals surface area contributed by atoms with E-state index in [1.165, 1.54) is 9.80 Å². The topological polar surface area (TPSA) is 129 Å². The Morgan fingerprint density at radius 2 is 0.963 bits per heavy atom. The highest BCUT2D eigenvalue weighted by Crippen LogP contribution is 2.31. The maximum absolute atomic E-state index is 13.6. The molecule has 0 unspecified atom stereocenters. The summed E-state index contributed by atoms with van der Waals surface area (Å²) in [4.78, 5) is 61.4. The third-order valence-corrected chi connectivity index (χ3v) is 10.1. The molecule has 0 fully saturated rings. The Morgan fingerprint density at radius 1 is 0.537 bits per heavy atom. The van der Waals surface area contributed by atoms with Gasteiger partial charge < -0.3 is 19.3 Å². The van der Waals surface area contributed by atoms with Crippen LogP contribution in [0, 0.1) is 0 Å². The zero-order chi connectivity index (χ0) is 38.0. The Hall–Kier alpha value is -4.56. The molecular formula is C42H50N4O8. The van der Waals surface area contributed by atoms with Gasteiger partial charge in [0, 0.05) is 71.8 Å². The molecule has 4 aromatic carbocycles. The average molecular weight is 739 g/mol. The number of nitrogens with zero attached hydrogens (tertiary/aromatic N) is 4. The van der Waals surface area contributed by atoms with Gasteiger partial charge >= 0.3 is 0 Å². The van der Waals surface area contributed by atoms with Gasteiger partial charge in [-0.15, -0.1) is 0 Å². The lowest BCUT2D eigenvalue weighted by atomic mass is 9.94. The van der Waals surface area contributed by atoms with Crippen molar-refractivity contribution in [3.63, 3.8) is 0 Å². The lowest BCUT2D eigenvalue weighted by molar-refractivity contribution is 0.00420. The van der Waals surface area contributed by atoms with Crippen LogP contribution in [0.5, 0.6) is 0 Å². The van der Waals surface area contributed by atoms with Crippen LogP contribution in [0.4, 0.5) is 0 Å². The van der Waals surface area contributed by atoms with Crippen LogP contribution in [0.25, 0.3) is 21.5 Å². The molecule has 0 aliphatic carbocycles. The number of hydrogen-bond donors (Lipinski definition) is 1. The van der Waals surface area contributed by atoms with Crippen molar-refractivity contribution in [1.82, 2.24) is 19.6 Å². The van der Waals surface area contributed by atoms with Crippen LogP contribution in [0.3, 0.4) is 0 Å². The summed E-state index contributed by atoms with van der Waals surface area (Å²) in [6, 6.07) is 22.4. The average Bonchev–Trinajstić information content (AvgIpc) is 3.18. The van der Waals surface area contributed by atoms with Gasteiger partial charge in [0.15, 0.2) is 0 Å². The van der Waals surface area contributed by atoms with Crippen molar-refractivity contribution in [3.05, 3.63) is 95.1 Å². The Kier molecular flexibility index (Phi) is 13.5. The molecule has 4 amide bonds. The van der Waals surface area contributed by atoms with Gasteiger partial charge in [0.05, 0.1) is 46.2 Å². The fourth-order valence-corrected chi connectivity index (χ4v) is 7.30. The van der Waals surface area contributed by atoms with E-state index < -0.39 is 0 Å². The highest BCUT2D eigenvalue weighted by atomic mass is 16.5. The van der Waals surface area contributed by atoms with E-state index in [4.69, 9.17) is 19.3 Å². The number of rotatable bonds is 22. The number of carbonyl (C=O) groups is 4. The van der Waals surface area contributed by atoms with Crippen LogP contribution in [0.2, 0.25) is 0 Å². The maximum Gasteiger partial charge on any atom is 0.261 e. The zero-order valence-electron chi connectivity index (χ0n) is 31.2. The van der Waals surface area contributed by atoms with Crippen molar-refractivity contribution < 1.29 is 38.5 Å². The minimum atomic E-state index is -0.285. The molecule has 0 radical (unpaired) electrons. The first-order chi connectivity index (χ1) is 26.3. The van der Waals surface area contributed by atoms with Gasteiger partial charge in [0.25, 0.3) is 23.6 Å². The van der Waals surface area contributed by atoms with Crippen molar-refractivity contribution >= 4 is 45.2 Å². The fraction of sp³-hybridized carbons (Fsp3) is 0.429. The van der Waals surface area contributed by atoms with Crippen LogP contribution in [0.1, 0.15) is 61.7 Å². The molecule has 0 bridgehead atoms. The third-order valence-electron chi connectivity index (χ3n) is 10.1. The van der Waals surface area contributed by atoms with Crippen molar-refractivity contribution in [2.45, 2.75) is 26.3 Å².